The number of thiazole rings is 1. The summed E-state index contributed by atoms with van der Waals surface area (Å²) in [5.74, 6) is -0.124. The van der Waals surface area contributed by atoms with Gasteiger partial charge in [0.25, 0.3) is 0 Å². The summed E-state index contributed by atoms with van der Waals surface area (Å²) >= 11 is 1.51. The molecule has 3 nitrogen and oxygen atoms in total. The Balaban J connectivity index is 2.00. The summed E-state index contributed by atoms with van der Waals surface area (Å²) in [6.45, 7) is 3.78. The van der Waals surface area contributed by atoms with Crippen molar-refractivity contribution in [1.29, 1.82) is 0 Å². The van der Waals surface area contributed by atoms with E-state index in [4.69, 9.17) is 0 Å². The lowest BCUT2D eigenvalue weighted by molar-refractivity contribution is -0.111. The Morgan fingerprint density at radius 3 is 2.74 bits per heavy atom. The average molecular weight is 272 g/mol. The Bertz CT molecular complexity index is 583. The van der Waals surface area contributed by atoms with Gasteiger partial charge in [0.1, 0.15) is 0 Å². The van der Waals surface area contributed by atoms with E-state index in [2.05, 4.69) is 22.4 Å². The summed E-state index contributed by atoms with van der Waals surface area (Å²) in [5, 5.41) is 3.42. The second kappa shape index (κ2) is 6.29. The van der Waals surface area contributed by atoms with Crippen LogP contribution in [0.25, 0.3) is 0 Å². The first-order valence-corrected chi connectivity index (χ1v) is 6.89. The Kier molecular flexibility index (Phi) is 4.47. The predicted molar refractivity (Wildman–Crippen MR) is 79.4 cm³/mol. The number of hydrogen-bond acceptors (Lipinski definition) is 3. The van der Waals surface area contributed by atoms with E-state index in [1.165, 1.54) is 16.9 Å². The summed E-state index contributed by atoms with van der Waals surface area (Å²) in [5.41, 5.74) is 2.21. The van der Waals surface area contributed by atoms with E-state index < -0.39 is 0 Å². The number of carbonyl (C=O) groups is 1. The molecule has 0 aliphatic carbocycles. The highest BCUT2D eigenvalue weighted by atomic mass is 32.1. The van der Waals surface area contributed by atoms with Crippen molar-refractivity contribution in [2.24, 2.45) is 0 Å². The van der Waals surface area contributed by atoms with E-state index in [-0.39, 0.29) is 5.91 Å². The quantitative estimate of drug-likeness (QED) is 0.863. The molecular formula is C15H16N2OS. The molecule has 1 amide bonds. The molecule has 0 bridgehead atoms. The van der Waals surface area contributed by atoms with Crippen LogP contribution in [0.3, 0.4) is 0 Å². The van der Waals surface area contributed by atoms with Crippen molar-refractivity contribution >= 4 is 22.4 Å². The van der Waals surface area contributed by atoms with Gasteiger partial charge in [0.05, 0.1) is 0 Å². The third-order valence-electron chi connectivity index (χ3n) is 2.42. The van der Waals surface area contributed by atoms with Crippen LogP contribution in [0.4, 0.5) is 5.13 Å². The molecule has 19 heavy (non-hydrogen) atoms. The number of hydrogen-bond donors (Lipinski definition) is 1. The maximum atomic E-state index is 11.6. The minimum atomic E-state index is -0.124. The summed E-state index contributed by atoms with van der Waals surface area (Å²) in [6.07, 6.45) is 4.23. The lowest BCUT2D eigenvalue weighted by Crippen LogP contribution is -2.07. The molecule has 0 saturated heterocycles. The van der Waals surface area contributed by atoms with Gasteiger partial charge < -0.3 is 0 Å². The largest absolute Gasteiger partial charge is 0.298 e. The minimum Gasteiger partial charge on any atom is -0.298 e. The van der Waals surface area contributed by atoms with Crippen molar-refractivity contribution in [3.63, 3.8) is 0 Å². The van der Waals surface area contributed by atoms with Gasteiger partial charge in [0.15, 0.2) is 5.13 Å². The molecule has 0 aliphatic heterocycles. The smallest absolute Gasteiger partial charge is 0.250 e. The van der Waals surface area contributed by atoms with Crippen molar-refractivity contribution in [3.05, 3.63) is 58.6 Å². The molecular weight excluding hydrogens is 256 g/mol. The van der Waals surface area contributed by atoms with E-state index in [0.29, 0.717) is 5.13 Å². The van der Waals surface area contributed by atoms with Gasteiger partial charge in [-0.25, -0.2) is 4.98 Å². The second-order valence-corrected chi connectivity index (χ2v) is 5.62. The van der Waals surface area contributed by atoms with Crippen LogP contribution >= 0.6 is 11.3 Å². The zero-order valence-electron chi connectivity index (χ0n) is 11.0. The standard InChI is InChI=1S/C15H16N2OS/c1-11(2)8-14(18)17-15-16-10-13(19-15)9-12-6-4-3-5-7-12/h3-8,10H,9H2,1-2H3,(H,16,17,18). The number of benzene rings is 1. The normalized spacial score (nSPS) is 10.0. The van der Waals surface area contributed by atoms with Crippen molar-refractivity contribution in [2.75, 3.05) is 5.32 Å². The van der Waals surface area contributed by atoms with E-state index in [9.17, 15) is 4.79 Å². The van der Waals surface area contributed by atoms with Gasteiger partial charge in [-0.2, -0.15) is 0 Å². The van der Waals surface area contributed by atoms with Crippen LogP contribution in [0.2, 0.25) is 0 Å². The Morgan fingerprint density at radius 2 is 2.05 bits per heavy atom. The number of anilines is 1. The lowest BCUT2D eigenvalue weighted by Gasteiger charge is -1.97. The molecule has 1 N–H and O–H groups in total. The topological polar surface area (TPSA) is 42.0 Å². The van der Waals surface area contributed by atoms with Gasteiger partial charge in [0, 0.05) is 23.6 Å². The van der Waals surface area contributed by atoms with Crippen molar-refractivity contribution in [1.82, 2.24) is 4.98 Å². The minimum absolute atomic E-state index is 0.124. The third kappa shape index (κ3) is 4.34. The summed E-state index contributed by atoms with van der Waals surface area (Å²) in [6, 6.07) is 10.2. The number of allylic oxidation sites excluding steroid dienone is 1. The maximum absolute atomic E-state index is 11.6. The first-order valence-electron chi connectivity index (χ1n) is 6.08. The van der Waals surface area contributed by atoms with Crippen LogP contribution in [0.1, 0.15) is 24.3 Å². The van der Waals surface area contributed by atoms with E-state index in [0.717, 1.165) is 16.9 Å². The van der Waals surface area contributed by atoms with Gasteiger partial charge in [-0.05, 0) is 19.4 Å². The number of nitrogens with zero attached hydrogens (tertiary/aromatic N) is 1. The van der Waals surface area contributed by atoms with Crippen molar-refractivity contribution in [3.8, 4) is 0 Å². The first kappa shape index (κ1) is 13.5. The zero-order chi connectivity index (χ0) is 13.7. The number of rotatable bonds is 4. The van der Waals surface area contributed by atoms with Gasteiger partial charge >= 0.3 is 0 Å². The van der Waals surface area contributed by atoms with Gasteiger partial charge in [-0.1, -0.05) is 35.9 Å². The summed E-state index contributed by atoms with van der Waals surface area (Å²) in [4.78, 5) is 16.9. The second-order valence-electron chi connectivity index (χ2n) is 4.51. The van der Waals surface area contributed by atoms with Gasteiger partial charge in [-0.3, -0.25) is 10.1 Å². The number of carbonyl (C=O) groups excluding carboxylic acids is 1. The Hall–Kier alpha value is -1.94. The van der Waals surface area contributed by atoms with E-state index in [1.807, 2.05) is 38.2 Å². The molecule has 0 saturated carbocycles. The molecule has 2 rings (SSSR count). The zero-order valence-corrected chi connectivity index (χ0v) is 11.8. The van der Waals surface area contributed by atoms with Crippen molar-refractivity contribution < 1.29 is 4.79 Å². The molecule has 0 aliphatic rings. The fraction of sp³-hybridized carbons (Fsp3) is 0.200. The van der Waals surface area contributed by atoms with Crippen LogP contribution in [-0.2, 0) is 11.2 Å². The molecule has 0 atom stereocenters. The highest BCUT2D eigenvalue weighted by Crippen LogP contribution is 2.21. The molecule has 1 aromatic heterocycles. The Morgan fingerprint density at radius 1 is 1.32 bits per heavy atom. The van der Waals surface area contributed by atoms with Crippen LogP contribution in [-0.4, -0.2) is 10.9 Å². The van der Waals surface area contributed by atoms with Crippen LogP contribution in [0.5, 0.6) is 0 Å². The molecule has 0 radical (unpaired) electrons. The molecule has 1 aromatic carbocycles. The maximum Gasteiger partial charge on any atom is 0.250 e. The van der Waals surface area contributed by atoms with Crippen LogP contribution < -0.4 is 5.32 Å². The molecule has 2 aromatic rings. The summed E-state index contributed by atoms with van der Waals surface area (Å²) in [7, 11) is 0. The fourth-order valence-corrected chi connectivity index (χ4v) is 2.50. The Labute approximate surface area is 117 Å². The van der Waals surface area contributed by atoms with Crippen LogP contribution in [0, 0.1) is 0 Å². The van der Waals surface area contributed by atoms with Crippen molar-refractivity contribution in [2.45, 2.75) is 20.3 Å². The van der Waals surface area contributed by atoms with Crippen LogP contribution in [0.15, 0.2) is 48.2 Å². The predicted octanol–water partition coefficient (Wildman–Crippen LogP) is 3.64. The molecule has 0 spiro atoms. The first-order chi connectivity index (χ1) is 9.13. The van der Waals surface area contributed by atoms with Gasteiger partial charge in [0.2, 0.25) is 5.91 Å². The fourth-order valence-electron chi connectivity index (χ4n) is 1.65. The SMILES string of the molecule is CC(C)=CC(=O)Nc1ncc(Cc2ccccc2)s1. The monoisotopic (exact) mass is 272 g/mol. The molecule has 1 heterocycles. The summed E-state index contributed by atoms with van der Waals surface area (Å²) < 4.78 is 0. The highest BCUT2D eigenvalue weighted by molar-refractivity contribution is 7.15. The number of amides is 1. The average Bonchev–Trinajstić information content (AvgIpc) is 2.76. The van der Waals surface area contributed by atoms with E-state index >= 15 is 0 Å². The number of nitrogens with one attached hydrogen (secondary N) is 1. The third-order valence-corrected chi connectivity index (χ3v) is 3.34. The lowest BCUT2D eigenvalue weighted by atomic mass is 10.1. The molecule has 4 heteroatoms. The number of aromatic nitrogens is 1. The molecule has 98 valence electrons. The van der Waals surface area contributed by atoms with E-state index in [1.54, 1.807) is 6.08 Å². The molecule has 0 fully saturated rings. The highest BCUT2D eigenvalue weighted by Gasteiger charge is 2.05. The molecule has 0 unspecified atom stereocenters. The van der Waals surface area contributed by atoms with Gasteiger partial charge in [-0.15, -0.1) is 11.3 Å².